The molecule has 3 nitrogen and oxygen atoms in total. The molecule has 3 rings (SSSR count). The van der Waals surface area contributed by atoms with Crippen LogP contribution in [0, 0.1) is 6.92 Å². The van der Waals surface area contributed by atoms with E-state index in [9.17, 15) is 0 Å². The summed E-state index contributed by atoms with van der Waals surface area (Å²) in [5.41, 5.74) is 1.67. The van der Waals surface area contributed by atoms with E-state index in [1.54, 1.807) is 0 Å². The van der Waals surface area contributed by atoms with Crippen LogP contribution in [0.4, 0.5) is 0 Å². The lowest BCUT2D eigenvalue weighted by molar-refractivity contribution is 0.000231. The lowest BCUT2D eigenvalue weighted by Gasteiger charge is -2.20. The SMILES string of the molecule is Cc1cccc(C(Oc2ccccc2)Oc2ccccc2)n1. The summed E-state index contributed by atoms with van der Waals surface area (Å²) in [5, 5.41) is 0. The Morgan fingerprint density at radius 3 is 1.73 bits per heavy atom. The Morgan fingerprint density at radius 1 is 0.682 bits per heavy atom. The number of nitrogens with zero attached hydrogens (tertiary/aromatic N) is 1. The average Bonchev–Trinajstić information content (AvgIpc) is 2.56. The molecule has 3 heteroatoms. The molecule has 0 spiro atoms. The number of ether oxygens (including phenoxy) is 2. The number of rotatable bonds is 5. The molecule has 0 saturated heterocycles. The molecule has 1 aromatic heterocycles. The largest absolute Gasteiger partial charge is 0.449 e. The van der Waals surface area contributed by atoms with Crippen LogP contribution in [0.2, 0.25) is 0 Å². The Bertz CT molecular complexity index is 672. The summed E-state index contributed by atoms with van der Waals surface area (Å²) in [6, 6.07) is 25.0. The fourth-order valence-corrected chi connectivity index (χ4v) is 2.09. The zero-order valence-corrected chi connectivity index (χ0v) is 12.3. The molecule has 0 bridgehead atoms. The number of aryl methyl sites for hydroxylation is 1. The Balaban J connectivity index is 1.88. The van der Waals surface area contributed by atoms with Crippen molar-refractivity contribution >= 4 is 0 Å². The average molecular weight is 291 g/mol. The van der Waals surface area contributed by atoms with E-state index >= 15 is 0 Å². The quantitative estimate of drug-likeness (QED) is 0.646. The van der Waals surface area contributed by atoms with Gasteiger partial charge in [0.05, 0.1) is 0 Å². The Kier molecular flexibility index (Phi) is 4.35. The summed E-state index contributed by atoms with van der Waals surface area (Å²) in [5.74, 6) is 1.48. The normalized spacial score (nSPS) is 10.5. The van der Waals surface area contributed by atoms with Crippen LogP contribution in [0.5, 0.6) is 11.5 Å². The van der Waals surface area contributed by atoms with Gasteiger partial charge in [-0.3, -0.25) is 4.98 Å². The highest BCUT2D eigenvalue weighted by Crippen LogP contribution is 2.24. The third-order valence-corrected chi connectivity index (χ3v) is 3.12. The maximum atomic E-state index is 5.97. The molecule has 0 aliphatic heterocycles. The number of aromatic nitrogens is 1. The van der Waals surface area contributed by atoms with Crippen molar-refractivity contribution in [3.63, 3.8) is 0 Å². The van der Waals surface area contributed by atoms with Crippen LogP contribution in [-0.2, 0) is 0 Å². The van der Waals surface area contributed by atoms with Gasteiger partial charge in [-0.2, -0.15) is 0 Å². The third kappa shape index (κ3) is 3.64. The van der Waals surface area contributed by atoms with E-state index in [0.717, 1.165) is 22.9 Å². The molecule has 0 fully saturated rings. The van der Waals surface area contributed by atoms with Gasteiger partial charge in [0.25, 0.3) is 6.29 Å². The summed E-state index contributed by atoms with van der Waals surface area (Å²) in [6.45, 7) is 1.95. The second-order valence-electron chi connectivity index (χ2n) is 4.90. The van der Waals surface area contributed by atoms with Crippen molar-refractivity contribution in [1.29, 1.82) is 0 Å². The van der Waals surface area contributed by atoms with Crippen LogP contribution in [0.15, 0.2) is 78.9 Å². The van der Waals surface area contributed by atoms with E-state index in [-0.39, 0.29) is 0 Å². The van der Waals surface area contributed by atoms with E-state index in [4.69, 9.17) is 9.47 Å². The molecule has 0 N–H and O–H groups in total. The van der Waals surface area contributed by atoms with E-state index in [0.29, 0.717) is 0 Å². The molecular weight excluding hydrogens is 274 g/mol. The molecule has 110 valence electrons. The fraction of sp³-hybridized carbons (Fsp3) is 0.105. The second-order valence-corrected chi connectivity index (χ2v) is 4.90. The fourth-order valence-electron chi connectivity index (χ4n) is 2.09. The van der Waals surface area contributed by atoms with E-state index < -0.39 is 6.29 Å². The predicted molar refractivity (Wildman–Crippen MR) is 85.9 cm³/mol. The van der Waals surface area contributed by atoms with Crippen molar-refractivity contribution in [2.24, 2.45) is 0 Å². The van der Waals surface area contributed by atoms with Gasteiger partial charge >= 0.3 is 0 Å². The molecule has 1 heterocycles. The first-order chi connectivity index (χ1) is 10.8. The maximum Gasteiger partial charge on any atom is 0.284 e. The number of para-hydroxylation sites is 2. The van der Waals surface area contributed by atoms with Gasteiger partial charge in [0.2, 0.25) is 0 Å². The molecular formula is C19H17NO2. The first-order valence-corrected chi connectivity index (χ1v) is 7.18. The maximum absolute atomic E-state index is 5.97. The Morgan fingerprint density at radius 2 is 1.23 bits per heavy atom. The molecule has 0 atom stereocenters. The predicted octanol–water partition coefficient (Wildman–Crippen LogP) is 4.55. The van der Waals surface area contributed by atoms with E-state index in [1.807, 2.05) is 85.8 Å². The number of pyridine rings is 1. The Hall–Kier alpha value is -2.81. The molecule has 2 aromatic carbocycles. The molecule has 0 aliphatic carbocycles. The summed E-state index contributed by atoms with van der Waals surface area (Å²) in [7, 11) is 0. The minimum atomic E-state index is -0.593. The van der Waals surface area contributed by atoms with Crippen molar-refractivity contribution in [1.82, 2.24) is 4.98 Å². The van der Waals surface area contributed by atoms with Crippen LogP contribution in [-0.4, -0.2) is 4.98 Å². The molecule has 22 heavy (non-hydrogen) atoms. The van der Waals surface area contributed by atoms with Crippen molar-refractivity contribution in [3.05, 3.63) is 90.3 Å². The minimum Gasteiger partial charge on any atom is -0.449 e. The molecule has 0 aliphatic rings. The van der Waals surface area contributed by atoms with Gasteiger partial charge in [-0.05, 0) is 43.3 Å². The van der Waals surface area contributed by atoms with Gasteiger partial charge in [0.1, 0.15) is 17.2 Å². The molecule has 3 aromatic rings. The summed E-state index contributed by atoms with van der Waals surface area (Å²) >= 11 is 0. The smallest absolute Gasteiger partial charge is 0.284 e. The van der Waals surface area contributed by atoms with Crippen molar-refractivity contribution in [2.75, 3.05) is 0 Å². The van der Waals surface area contributed by atoms with Crippen LogP contribution >= 0.6 is 0 Å². The van der Waals surface area contributed by atoms with Gasteiger partial charge in [0.15, 0.2) is 0 Å². The molecule has 0 unspecified atom stereocenters. The summed E-state index contributed by atoms with van der Waals surface area (Å²) in [4.78, 5) is 4.52. The first-order valence-electron chi connectivity index (χ1n) is 7.18. The first kappa shape index (κ1) is 14.1. The number of hydrogen-bond acceptors (Lipinski definition) is 3. The lowest BCUT2D eigenvalue weighted by Crippen LogP contribution is -2.16. The lowest BCUT2D eigenvalue weighted by atomic mass is 10.3. The Labute approximate surface area is 130 Å². The highest BCUT2D eigenvalue weighted by Gasteiger charge is 2.17. The van der Waals surface area contributed by atoms with Crippen molar-refractivity contribution in [3.8, 4) is 11.5 Å². The van der Waals surface area contributed by atoms with Crippen molar-refractivity contribution < 1.29 is 9.47 Å². The van der Waals surface area contributed by atoms with Crippen LogP contribution in [0.1, 0.15) is 17.7 Å². The summed E-state index contributed by atoms with van der Waals surface area (Å²) in [6.07, 6.45) is -0.593. The standard InChI is InChI=1S/C19H17NO2/c1-15-9-8-14-18(20-15)19(21-16-10-4-2-5-11-16)22-17-12-6-3-7-13-17/h2-14,19H,1H3. The van der Waals surface area contributed by atoms with Gasteiger partial charge < -0.3 is 9.47 Å². The topological polar surface area (TPSA) is 31.4 Å². The zero-order valence-electron chi connectivity index (χ0n) is 12.3. The third-order valence-electron chi connectivity index (χ3n) is 3.12. The van der Waals surface area contributed by atoms with Gasteiger partial charge in [0, 0.05) is 5.69 Å². The highest BCUT2D eigenvalue weighted by atomic mass is 16.7. The number of hydrogen-bond donors (Lipinski definition) is 0. The van der Waals surface area contributed by atoms with E-state index in [1.165, 1.54) is 0 Å². The van der Waals surface area contributed by atoms with E-state index in [2.05, 4.69) is 4.98 Å². The van der Waals surface area contributed by atoms with Gasteiger partial charge in [-0.25, -0.2) is 0 Å². The monoisotopic (exact) mass is 291 g/mol. The molecule has 0 radical (unpaired) electrons. The second kappa shape index (κ2) is 6.76. The number of benzene rings is 2. The van der Waals surface area contributed by atoms with Crippen LogP contribution in [0.3, 0.4) is 0 Å². The molecule has 0 amide bonds. The van der Waals surface area contributed by atoms with Gasteiger partial charge in [-0.15, -0.1) is 0 Å². The van der Waals surface area contributed by atoms with Crippen LogP contribution in [0.25, 0.3) is 0 Å². The minimum absolute atomic E-state index is 0.593. The zero-order chi connectivity index (χ0) is 15.2. The summed E-state index contributed by atoms with van der Waals surface area (Å²) < 4.78 is 11.9. The van der Waals surface area contributed by atoms with Crippen molar-refractivity contribution in [2.45, 2.75) is 13.2 Å². The van der Waals surface area contributed by atoms with Gasteiger partial charge in [-0.1, -0.05) is 42.5 Å². The van der Waals surface area contributed by atoms with Crippen LogP contribution < -0.4 is 9.47 Å². The highest BCUT2D eigenvalue weighted by molar-refractivity contribution is 5.25. The molecule has 0 saturated carbocycles.